The zero-order chi connectivity index (χ0) is 22.4. The summed E-state index contributed by atoms with van der Waals surface area (Å²) >= 11 is 0. The van der Waals surface area contributed by atoms with E-state index in [4.69, 9.17) is 20.8 Å². The lowest BCUT2D eigenvalue weighted by Crippen LogP contribution is -2.12. The van der Waals surface area contributed by atoms with Gasteiger partial charge in [0, 0.05) is 42.7 Å². The van der Waals surface area contributed by atoms with Gasteiger partial charge in [-0.1, -0.05) is 6.92 Å². The Labute approximate surface area is 179 Å². The maximum Gasteiger partial charge on any atom is 0.358 e. The number of nitrogens with zero attached hydrogens (tertiary/aromatic N) is 3. The van der Waals surface area contributed by atoms with E-state index in [1.165, 1.54) is 6.20 Å². The molecule has 9 heteroatoms. The van der Waals surface area contributed by atoms with Crippen LogP contribution >= 0.6 is 0 Å². The van der Waals surface area contributed by atoms with Crippen molar-refractivity contribution >= 4 is 17.5 Å². The number of carboxylic acid groups (broad SMARTS) is 1. The van der Waals surface area contributed by atoms with E-state index in [-0.39, 0.29) is 12.0 Å². The predicted molar refractivity (Wildman–Crippen MR) is 113 cm³/mol. The molecule has 0 saturated carbocycles. The number of pyridine rings is 1. The second-order valence-corrected chi connectivity index (χ2v) is 7.18. The molecule has 0 aliphatic carbocycles. The van der Waals surface area contributed by atoms with Crippen molar-refractivity contribution in [1.82, 2.24) is 14.6 Å². The van der Waals surface area contributed by atoms with Crippen LogP contribution in [0.5, 0.6) is 0 Å². The average molecular weight is 426 g/mol. The first-order valence-corrected chi connectivity index (χ1v) is 10.1. The molecule has 3 rings (SSSR count). The SMILES string of the molecule is CCc1ccc2c(-c3cncc(C(=O)ON)c3)c(CCCCC(=O)O)c(COC)nn12. The number of hydrogen-bond acceptors (Lipinski definition) is 7. The highest BCUT2D eigenvalue weighted by Crippen LogP contribution is 2.33. The first kappa shape index (κ1) is 22.4. The van der Waals surface area contributed by atoms with E-state index in [0.717, 1.165) is 40.0 Å². The fourth-order valence-corrected chi connectivity index (χ4v) is 3.70. The molecule has 0 aliphatic rings. The van der Waals surface area contributed by atoms with Crippen molar-refractivity contribution in [3.05, 3.63) is 53.1 Å². The number of carbonyl (C=O) groups excluding carboxylic acids is 1. The standard InChI is InChI=1S/C22H26N4O5/c1-3-16-8-9-19-21(14-10-15(12-24-11-14)22(29)31-23)17(6-4-5-7-20(27)28)18(13-30-2)25-26(16)19/h8-12H,3-7,13,23H2,1-2H3,(H,27,28). The Kier molecular flexibility index (Phi) is 7.32. The molecule has 0 atom stereocenters. The van der Waals surface area contributed by atoms with E-state index in [0.29, 0.717) is 25.9 Å². The molecule has 0 fully saturated rings. The molecule has 3 aromatic rings. The van der Waals surface area contributed by atoms with E-state index in [1.807, 2.05) is 16.6 Å². The normalized spacial score (nSPS) is 11.1. The van der Waals surface area contributed by atoms with Crippen LogP contribution in [0.25, 0.3) is 16.6 Å². The van der Waals surface area contributed by atoms with Crippen LogP contribution in [0.15, 0.2) is 30.6 Å². The number of rotatable bonds is 10. The zero-order valence-electron chi connectivity index (χ0n) is 17.6. The number of ether oxygens (including phenoxy) is 1. The summed E-state index contributed by atoms with van der Waals surface area (Å²) in [6, 6.07) is 5.70. The Morgan fingerprint density at radius 1 is 1.23 bits per heavy atom. The third-order valence-electron chi connectivity index (χ3n) is 5.14. The van der Waals surface area contributed by atoms with Gasteiger partial charge in [0.25, 0.3) is 0 Å². The molecular formula is C22H26N4O5. The first-order chi connectivity index (χ1) is 15.0. The summed E-state index contributed by atoms with van der Waals surface area (Å²) in [7, 11) is 1.61. The van der Waals surface area contributed by atoms with Crippen LogP contribution in [0.1, 0.15) is 53.5 Å². The second kappa shape index (κ2) is 10.1. The molecule has 164 valence electrons. The number of aryl methyl sites for hydroxylation is 1. The smallest absolute Gasteiger partial charge is 0.358 e. The van der Waals surface area contributed by atoms with E-state index in [2.05, 4.69) is 16.7 Å². The van der Waals surface area contributed by atoms with Crippen molar-refractivity contribution < 1.29 is 24.3 Å². The summed E-state index contributed by atoms with van der Waals surface area (Å²) < 4.78 is 7.29. The van der Waals surface area contributed by atoms with Crippen LogP contribution in [-0.2, 0) is 33.8 Å². The molecule has 9 nitrogen and oxygen atoms in total. The van der Waals surface area contributed by atoms with Crippen molar-refractivity contribution in [2.24, 2.45) is 5.90 Å². The van der Waals surface area contributed by atoms with Gasteiger partial charge in [0.15, 0.2) is 0 Å². The zero-order valence-corrected chi connectivity index (χ0v) is 17.6. The fraction of sp³-hybridized carbons (Fsp3) is 0.364. The molecule has 0 aliphatic heterocycles. The molecule has 0 amide bonds. The molecule has 0 aromatic carbocycles. The van der Waals surface area contributed by atoms with Crippen molar-refractivity contribution in [3.63, 3.8) is 0 Å². The summed E-state index contributed by atoms with van der Waals surface area (Å²) in [5, 5.41) is 13.8. The minimum atomic E-state index is -0.817. The van der Waals surface area contributed by atoms with Gasteiger partial charge in [-0.3, -0.25) is 9.78 Å². The molecule has 0 radical (unpaired) electrons. The molecule has 3 N–H and O–H groups in total. The Morgan fingerprint density at radius 2 is 2.03 bits per heavy atom. The Bertz CT molecular complexity index is 1090. The fourth-order valence-electron chi connectivity index (χ4n) is 3.70. The topological polar surface area (TPSA) is 129 Å². The van der Waals surface area contributed by atoms with Crippen LogP contribution in [0.3, 0.4) is 0 Å². The third kappa shape index (κ3) is 4.89. The minimum Gasteiger partial charge on any atom is -0.481 e. The molecule has 0 bridgehead atoms. The summed E-state index contributed by atoms with van der Waals surface area (Å²) in [5.41, 5.74) is 5.47. The van der Waals surface area contributed by atoms with Gasteiger partial charge in [-0.2, -0.15) is 11.0 Å². The van der Waals surface area contributed by atoms with E-state index in [9.17, 15) is 9.59 Å². The predicted octanol–water partition coefficient (Wildman–Crippen LogP) is 2.93. The molecule has 0 saturated heterocycles. The summed E-state index contributed by atoms with van der Waals surface area (Å²) in [4.78, 5) is 31.4. The number of methoxy groups -OCH3 is 1. The minimum absolute atomic E-state index is 0.106. The van der Waals surface area contributed by atoms with Gasteiger partial charge < -0.3 is 14.7 Å². The summed E-state index contributed by atoms with van der Waals surface area (Å²) in [6.45, 7) is 2.36. The van der Waals surface area contributed by atoms with Gasteiger partial charge in [0.2, 0.25) is 0 Å². The summed E-state index contributed by atoms with van der Waals surface area (Å²) in [6.07, 6.45) is 5.81. The van der Waals surface area contributed by atoms with Gasteiger partial charge in [0.05, 0.1) is 23.4 Å². The lowest BCUT2D eigenvalue weighted by atomic mass is 9.94. The maximum absolute atomic E-state index is 12.0. The quantitative estimate of drug-likeness (QED) is 0.374. The Hall–Kier alpha value is -3.30. The molecule has 3 aromatic heterocycles. The molecule has 3 heterocycles. The van der Waals surface area contributed by atoms with Crippen LogP contribution in [0.2, 0.25) is 0 Å². The Morgan fingerprint density at radius 3 is 2.71 bits per heavy atom. The number of hydrogen-bond donors (Lipinski definition) is 2. The van der Waals surface area contributed by atoms with Crippen molar-refractivity contribution in [1.29, 1.82) is 0 Å². The van der Waals surface area contributed by atoms with Crippen molar-refractivity contribution in [2.45, 2.75) is 45.6 Å². The highest BCUT2D eigenvalue weighted by atomic mass is 16.7. The Balaban J connectivity index is 2.19. The molecule has 0 unspecified atom stereocenters. The van der Waals surface area contributed by atoms with Crippen LogP contribution in [-0.4, -0.2) is 38.8 Å². The largest absolute Gasteiger partial charge is 0.481 e. The maximum atomic E-state index is 12.0. The van der Waals surface area contributed by atoms with E-state index in [1.54, 1.807) is 19.4 Å². The number of aliphatic carboxylic acids is 1. The number of aromatic nitrogens is 3. The molecule has 31 heavy (non-hydrogen) atoms. The number of carboxylic acids is 1. The van der Waals surface area contributed by atoms with Crippen molar-refractivity contribution in [2.75, 3.05) is 7.11 Å². The highest BCUT2D eigenvalue weighted by Gasteiger charge is 2.20. The van der Waals surface area contributed by atoms with Crippen LogP contribution < -0.4 is 5.90 Å². The lowest BCUT2D eigenvalue weighted by Gasteiger charge is -2.17. The van der Waals surface area contributed by atoms with Gasteiger partial charge in [0.1, 0.15) is 0 Å². The molecule has 0 spiro atoms. The van der Waals surface area contributed by atoms with Gasteiger partial charge in [-0.15, -0.1) is 0 Å². The first-order valence-electron chi connectivity index (χ1n) is 10.1. The van der Waals surface area contributed by atoms with E-state index >= 15 is 0 Å². The highest BCUT2D eigenvalue weighted by molar-refractivity contribution is 5.92. The summed E-state index contributed by atoms with van der Waals surface area (Å²) in [5.74, 6) is 3.55. The van der Waals surface area contributed by atoms with Gasteiger partial charge in [-0.25, -0.2) is 9.31 Å². The number of nitrogens with two attached hydrogens (primary N) is 1. The second-order valence-electron chi connectivity index (χ2n) is 7.18. The van der Waals surface area contributed by atoms with E-state index < -0.39 is 11.9 Å². The number of carbonyl (C=O) groups is 2. The monoisotopic (exact) mass is 426 g/mol. The lowest BCUT2D eigenvalue weighted by molar-refractivity contribution is -0.137. The molecular weight excluding hydrogens is 400 g/mol. The van der Waals surface area contributed by atoms with Crippen LogP contribution in [0.4, 0.5) is 0 Å². The number of unbranched alkanes of at least 4 members (excludes halogenated alkanes) is 1. The third-order valence-corrected chi connectivity index (χ3v) is 5.14. The van der Waals surface area contributed by atoms with Gasteiger partial charge in [-0.05, 0) is 49.4 Å². The van der Waals surface area contributed by atoms with Crippen molar-refractivity contribution in [3.8, 4) is 11.1 Å². The van der Waals surface area contributed by atoms with Gasteiger partial charge >= 0.3 is 11.9 Å². The van der Waals surface area contributed by atoms with Crippen LogP contribution in [0, 0.1) is 0 Å². The number of fused-ring (bicyclic) bond motifs is 1. The average Bonchev–Trinajstić information content (AvgIpc) is 3.18.